The number of rotatable bonds is 7. The van der Waals surface area contributed by atoms with Crippen molar-refractivity contribution in [1.82, 2.24) is 5.32 Å². The Hall–Kier alpha value is -0.680. The summed E-state index contributed by atoms with van der Waals surface area (Å²) in [5.41, 5.74) is 0.672. The van der Waals surface area contributed by atoms with Crippen molar-refractivity contribution >= 4 is 11.6 Å². The van der Waals surface area contributed by atoms with Gasteiger partial charge in [-0.15, -0.1) is 0 Å². The number of benzene rings is 1. The van der Waals surface area contributed by atoms with Crippen LogP contribution in [-0.2, 0) is 4.74 Å². The maximum absolute atomic E-state index is 13.5. The lowest BCUT2D eigenvalue weighted by molar-refractivity contribution is 0.129. The molecule has 2 unspecified atom stereocenters. The van der Waals surface area contributed by atoms with E-state index in [1.54, 1.807) is 13.2 Å². The second-order valence-electron chi connectivity index (χ2n) is 4.88. The number of hydrogen-bond acceptors (Lipinski definition) is 3. The van der Waals surface area contributed by atoms with Gasteiger partial charge in [0, 0.05) is 13.2 Å². The van der Waals surface area contributed by atoms with Gasteiger partial charge >= 0.3 is 0 Å². The first-order chi connectivity index (χ1) is 8.99. The molecule has 0 fully saturated rings. The smallest absolute Gasteiger partial charge is 0.142 e. The van der Waals surface area contributed by atoms with Gasteiger partial charge in [-0.2, -0.15) is 0 Å². The predicted octanol–water partition coefficient (Wildman–Crippen LogP) is 2.77. The molecule has 0 radical (unpaired) electrons. The zero-order valence-electron chi connectivity index (χ0n) is 11.5. The largest absolute Gasteiger partial charge is 0.394 e. The van der Waals surface area contributed by atoms with Crippen LogP contribution in [0.15, 0.2) is 18.2 Å². The van der Waals surface area contributed by atoms with E-state index in [1.807, 2.05) is 0 Å². The molecule has 0 aliphatic rings. The maximum Gasteiger partial charge on any atom is 0.142 e. The van der Waals surface area contributed by atoms with E-state index in [0.29, 0.717) is 18.1 Å². The normalized spacial score (nSPS) is 14.7. The first-order valence-corrected chi connectivity index (χ1v) is 6.68. The van der Waals surface area contributed by atoms with Gasteiger partial charge in [0.25, 0.3) is 0 Å². The van der Waals surface area contributed by atoms with Crippen molar-refractivity contribution in [2.75, 3.05) is 20.3 Å². The van der Waals surface area contributed by atoms with Gasteiger partial charge in [-0.05, 0) is 23.6 Å². The minimum atomic E-state index is -0.479. The first kappa shape index (κ1) is 16.4. The van der Waals surface area contributed by atoms with Crippen molar-refractivity contribution in [2.24, 2.45) is 5.92 Å². The van der Waals surface area contributed by atoms with Crippen molar-refractivity contribution < 1.29 is 14.2 Å². The molecule has 108 valence electrons. The van der Waals surface area contributed by atoms with E-state index >= 15 is 0 Å². The van der Waals surface area contributed by atoms with Crippen molar-refractivity contribution in [3.8, 4) is 0 Å². The van der Waals surface area contributed by atoms with Crippen molar-refractivity contribution in [3.05, 3.63) is 34.6 Å². The summed E-state index contributed by atoms with van der Waals surface area (Å²) in [6, 6.07) is 4.30. The number of nitrogens with one attached hydrogen (secondary N) is 1. The molecule has 5 heteroatoms. The third-order valence-corrected chi connectivity index (χ3v) is 3.40. The second-order valence-corrected chi connectivity index (χ2v) is 5.29. The number of methoxy groups -OCH3 is 1. The summed E-state index contributed by atoms with van der Waals surface area (Å²) in [5.74, 6) is -0.140. The summed E-state index contributed by atoms with van der Waals surface area (Å²) in [7, 11) is 1.63. The fourth-order valence-corrected chi connectivity index (χ4v) is 1.97. The Morgan fingerprint density at radius 1 is 1.42 bits per heavy atom. The average molecular weight is 290 g/mol. The first-order valence-electron chi connectivity index (χ1n) is 6.30. The van der Waals surface area contributed by atoms with Crippen LogP contribution < -0.4 is 5.32 Å². The van der Waals surface area contributed by atoms with Crippen LogP contribution in [0.4, 0.5) is 4.39 Å². The van der Waals surface area contributed by atoms with Crippen LogP contribution in [0.25, 0.3) is 0 Å². The highest BCUT2D eigenvalue weighted by Gasteiger charge is 2.19. The molecule has 1 aromatic rings. The molecule has 0 aliphatic carbocycles. The summed E-state index contributed by atoms with van der Waals surface area (Å²) in [6.07, 6.45) is 0. The van der Waals surface area contributed by atoms with Crippen LogP contribution >= 0.6 is 11.6 Å². The van der Waals surface area contributed by atoms with E-state index < -0.39 is 5.82 Å². The number of aliphatic hydroxyl groups is 1. The molecule has 0 heterocycles. The molecule has 2 atom stereocenters. The molecule has 0 aliphatic heterocycles. The van der Waals surface area contributed by atoms with Crippen molar-refractivity contribution in [2.45, 2.75) is 25.9 Å². The molecule has 0 saturated heterocycles. The van der Waals surface area contributed by atoms with E-state index in [0.717, 1.165) is 0 Å². The predicted molar refractivity (Wildman–Crippen MR) is 74.9 cm³/mol. The van der Waals surface area contributed by atoms with E-state index in [2.05, 4.69) is 19.2 Å². The van der Waals surface area contributed by atoms with Gasteiger partial charge in [0.15, 0.2) is 0 Å². The van der Waals surface area contributed by atoms with Gasteiger partial charge in [-0.25, -0.2) is 4.39 Å². The molecular weight excluding hydrogens is 269 g/mol. The van der Waals surface area contributed by atoms with Crippen LogP contribution in [0, 0.1) is 11.7 Å². The van der Waals surface area contributed by atoms with Crippen LogP contribution in [0.3, 0.4) is 0 Å². The number of ether oxygens (including phenoxy) is 1. The number of aliphatic hydroxyl groups excluding tert-OH is 1. The zero-order valence-corrected chi connectivity index (χ0v) is 12.2. The quantitative estimate of drug-likeness (QED) is 0.811. The zero-order chi connectivity index (χ0) is 14.4. The van der Waals surface area contributed by atoms with Gasteiger partial charge in [-0.1, -0.05) is 31.5 Å². The van der Waals surface area contributed by atoms with E-state index in [-0.39, 0.29) is 23.7 Å². The van der Waals surface area contributed by atoms with Gasteiger partial charge < -0.3 is 15.2 Å². The fraction of sp³-hybridized carbons (Fsp3) is 0.571. The van der Waals surface area contributed by atoms with Crippen molar-refractivity contribution in [3.63, 3.8) is 0 Å². The van der Waals surface area contributed by atoms with Gasteiger partial charge in [0.2, 0.25) is 0 Å². The highest BCUT2D eigenvalue weighted by Crippen LogP contribution is 2.21. The Balaban J connectivity index is 2.84. The van der Waals surface area contributed by atoms with Crippen LogP contribution in [-0.4, -0.2) is 31.5 Å². The summed E-state index contributed by atoms with van der Waals surface area (Å²) >= 11 is 5.66. The van der Waals surface area contributed by atoms with Gasteiger partial charge in [0.1, 0.15) is 5.82 Å². The molecule has 0 saturated carbocycles. The summed E-state index contributed by atoms with van der Waals surface area (Å²) in [6.45, 7) is 4.54. The summed E-state index contributed by atoms with van der Waals surface area (Å²) in [4.78, 5) is 0. The van der Waals surface area contributed by atoms with Gasteiger partial charge in [-0.3, -0.25) is 0 Å². The standard InChI is InChI=1S/C14H21ClFNO2/c1-9(2)14(8-19-3)17-13(7-18)10-4-5-11(15)12(16)6-10/h4-6,9,13-14,17-18H,7-8H2,1-3H3. The third kappa shape index (κ3) is 4.73. The molecule has 0 spiro atoms. The lowest BCUT2D eigenvalue weighted by atomic mass is 10.0. The molecule has 0 aromatic heterocycles. The Labute approximate surface area is 118 Å². The Bertz CT molecular complexity index is 401. The lowest BCUT2D eigenvalue weighted by Crippen LogP contribution is -2.41. The topological polar surface area (TPSA) is 41.5 Å². The molecule has 19 heavy (non-hydrogen) atoms. The minimum absolute atomic E-state index is 0.0812. The van der Waals surface area contributed by atoms with E-state index in [1.165, 1.54) is 12.1 Å². The molecule has 1 aromatic carbocycles. The fourth-order valence-electron chi connectivity index (χ4n) is 1.85. The van der Waals surface area contributed by atoms with Crippen LogP contribution in [0.5, 0.6) is 0 Å². The average Bonchev–Trinajstić information content (AvgIpc) is 2.37. The molecule has 3 nitrogen and oxygen atoms in total. The Kier molecular flexibility index (Phi) is 6.72. The maximum atomic E-state index is 13.5. The van der Waals surface area contributed by atoms with E-state index in [4.69, 9.17) is 16.3 Å². The Morgan fingerprint density at radius 2 is 2.11 bits per heavy atom. The van der Waals surface area contributed by atoms with Crippen LogP contribution in [0.2, 0.25) is 5.02 Å². The number of halogens is 2. The lowest BCUT2D eigenvalue weighted by Gasteiger charge is -2.27. The van der Waals surface area contributed by atoms with Crippen molar-refractivity contribution in [1.29, 1.82) is 0 Å². The highest BCUT2D eigenvalue weighted by molar-refractivity contribution is 6.30. The molecular formula is C14H21ClFNO2. The Morgan fingerprint density at radius 3 is 2.58 bits per heavy atom. The number of hydrogen-bond donors (Lipinski definition) is 2. The summed E-state index contributed by atoms with van der Waals surface area (Å²) < 4.78 is 18.6. The monoisotopic (exact) mass is 289 g/mol. The molecule has 0 amide bonds. The second kappa shape index (κ2) is 7.80. The third-order valence-electron chi connectivity index (χ3n) is 3.09. The molecule has 1 rings (SSSR count). The molecule has 2 N–H and O–H groups in total. The minimum Gasteiger partial charge on any atom is -0.394 e. The van der Waals surface area contributed by atoms with Gasteiger partial charge in [0.05, 0.1) is 24.3 Å². The highest BCUT2D eigenvalue weighted by atomic mass is 35.5. The molecule has 0 bridgehead atoms. The summed E-state index contributed by atoms with van der Waals surface area (Å²) in [5, 5.41) is 12.8. The van der Waals surface area contributed by atoms with Crippen LogP contribution in [0.1, 0.15) is 25.5 Å². The van der Waals surface area contributed by atoms with E-state index in [9.17, 15) is 9.50 Å². The SMILES string of the molecule is COCC(NC(CO)c1ccc(Cl)c(F)c1)C(C)C.